The van der Waals surface area contributed by atoms with E-state index in [1.807, 2.05) is 6.07 Å². The molecule has 0 radical (unpaired) electrons. The summed E-state index contributed by atoms with van der Waals surface area (Å²) in [5, 5.41) is 4.88. The normalized spacial score (nSPS) is 10.9. The molecule has 4 aromatic rings. The van der Waals surface area contributed by atoms with Gasteiger partial charge in [0.1, 0.15) is 17.1 Å². The summed E-state index contributed by atoms with van der Waals surface area (Å²) in [7, 11) is 7.90. The van der Waals surface area contributed by atoms with Crippen LogP contribution in [0.4, 0.5) is 0 Å². The standard InChI is InChI=1S/C23H22N2O6/c1-25-12-14(11-24-25)22-20(16-7-6-15(27-2)10-17(16)31-22)21(26)13-8-18(28-3)23(30-5)19(9-13)29-4/h6-12H,1-5H3. The van der Waals surface area contributed by atoms with Gasteiger partial charge in [0.05, 0.1) is 45.8 Å². The van der Waals surface area contributed by atoms with Crippen molar-refractivity contribution in [3.8, 4) is 34.3 Å². The minimum absolute atomic E-state index is 0.248. The Labute approximate surface area is 178 Å². The zero-order chi connectivity index (χ0) is 22.1. The lowest BCUT2D eigenvalue weighted by atomic mass is 9.97. The molecule has 31 heavy (non-hydrogen) atoms. The molecule has 2 aromatic heterocycles. The Morgan fingerprint density at radius 2 is 1.68 bits per heavy atom. The molecule has 0 spiro atoms. The summed E-state index contributed by atoms with van der Waals surface area (Å²) in [6.45, 7) is 0. The minimum atomic E-state index is -0.248. The van der Waals surface area contributed by atoms with Gasteiger partial charge in [-0.15, -0.1) is 0 Å². The summed E-state index contributed by atoms with van der Waals surface area (Å²) in [5.74, 6) is 2.00. The van der Waals surface area contributed by atoms with E-state index in [1.54, 1.807) is 55.5 Å². The number of hydrogen-bond donors (Lipinski definition) is 0. The van der Waals surface area contributed by atoms with Gasteiger partial charge in [0, 0.05) is 30.3 Å². The van der Waals surface area contributed by atoms with Crippen LogP contribution in [0.5, 0.6) is 23.0 Å². The maximum atomic E-state index is 13.7. The van der Waals surface area contributed by atoms with Crippen LogP contribution in [-0.2, 0) is 7.05 Å². The average molecular weight is 422 g/mol. The molecule has 0 amide bonds. The first-order chi connectivity index (χ1) is 15.0. The largest absolute Gasteiger partial charge is 0.497 e. The number of ether oxygens (including phenoxy) is 4. The Morgan fingerprint density at radius 3 is 2.23 bits per heavy atom. The third-order valence-electron chi connectivity index (χ3n) is 5.02. The molecule has 0 aliphatic heterocycles. The first kappa shape index (κ1) is 20.3. The third-order valence-corrected chi connectivity index (χ3v) is 5.02. The smallest absolute Gasteiger partial charge is 0.203 e. The molecule has 8 heteroatoms. The zero-order valence-corrected chi connectivity index (χ0v) is 17.9. The fourth-order valence-corrected chi connectivity index (χ4v) is 3.53. The van der Waals surface area contributed by atoms with Gasteiger partial charge >= 0.3 is 0 Å². The highest BCUT2D eigenvalue weighted by Crippen LogP contribution is 2.41. The molecule has 0 saturated heterocycles. The first-order valence-electron chi connectivity index (χ1n) is 9.45. The van der Waals surface area contributed by atoms with Crippen LogP contribution in [0.1, 0.15) is 15.9 Å². The molecule has 8 nitrogen and oxygen atoms in total. The van der Waals surface area contributed by atoms with Crippen LogP contribution in [0.25, 0.3) is 22.3 Å². The molecule has 0 saturated carbocycles. The number of ketones is 1. The van der Waals surface area contributed by atoms with Gasteiger partial charge in [-0.1, -0.05) is 0 Å². The second kappa shape index (κ2) is 8.06. The SMILES string of the molecule is COc1ccc2c(C(=O)c3cc(OC)c(OC)c(OC)c3)c(-c3cnn(C)c3)oc2c1. The van der Waals surface area contributed by atoms with Gasteiger partial charge in [-0.05, 0) is 24.3 Å². The molecule has 0 bridgehead atoms. The second-order valence-electron chi connectivity index (χ2n) is 6.81. The van der Waals surface area contributed by atoms with Crippen molar-refractivity contribution in [2.45, 2.75) is 0 Å². The first-order valence-corrected chi connectivity index (χ1v) is 9.45. The van der Waals surface area contributed by atoms with Crippen molar-refractivity contribution in [1.82, 2.24) is 9.78 Å². The van der Waals surface area contributed by atoms with Gasteiger partial charge in [-0.2, -0.15) is 5.10 Å². The van der Waals surface area contributed by atoms with Crippen LogP contribution in [0.2, 0.25) is 0 Å². The molecule has 4 rings (SSSR count). The number of methoxy groups -OCH3 is 4. The van der Waals surface area contributed by atoms with E-state index in [0.29, 0.717) is 56.4 Å². The minimum Gasteiger partial charge on any atom is -0.497 e. The Bertz CT molecular complexity index is 1250. The lowest BCUT2D eigenvalue weighted by Gasteiger charge is -2.13. The Balaban J connectivity index is 1.95. The second-order valence-corrected chi connectivity index (χ2v) is 6.81. The fourth-order valence-electron chi connectivity index (χ4n) is 3.53. The van der Waals surface area contributed by atoms with E-state index in [4.69, 9.17) is 23.4 Å². The summed E-state index contributed by atoms with van der Waals surface area (Å²) < 4.78 is 29.2. The van der Waals surface area contributed by atoms with Gasteiger partial charge in [0.25, 0.3) is 0 Å². The lowest BCUT2D eigenvalue weighted by Crippen LogP contribution is -2.05. The summed E-state index contributed by atoms with van der Waals surface area (Å²) in [5.41, 5.74) is 2.01. The number of aryl methyl sites for hydroxylation is 1. The van der Waals surface area contributed by atoms with Gasteiger partial charge in [-0.25, -0.2) is 0 Å². The molecule has 0 atom stereocenters. The lowest BCUT2D eigenvalue weighted by molar-refractivity contribution is 0.103. The van der Waals surface area contributed by atoms with E-state index in [2.05, 4.69) is 5.10 Å². The van der Waals surface area contributed by atoms with E-state index in [-0.39, 0.29) is 5.78 Å². The van der Waals surface area contributed by atoms with E-state index >= 15 is 0 Å². The zero-order valence-electron chi connectivity index (χ0n) is 17.9. The van der Waals surface area contributed by atoms with Crippen molar-refractivity contribution in [2.75, 3.05) is 28.4 Å². The molecular weight excluding hydrogens is 400 g/mol. The van der Waals surface area contributed by atoms with Crippen molar-refractivity contribution in [2.24, 2.45) is 7.05 Å². The number of aromatic nitrogens is 2. The fraction of sp³-hybridized carbons (Fsp3) is 0.217. The van der Waals surface area contributed by atoms with Crippen LogP contribution >= 0.6 is 0 Å². The van der Waals surface area contributed by atoms with Crippen LogP contribution in [0.15, 0.2) is 47.1 Å². The Hall–Kier alpha value is -3.94. The number of carbonyl (C=O) groups is 1. The van der Waals surface area contributed by atoms with E-state index in [1.165, 1.54) is 21.3 Å². The molecule has 160 valence electrons. The Morgan fingerprint density at radius 1 is 0.968 bits per heavy atom. The quantitative estimate of drug-likeness (QED) is 0.415. The molecule has 0 fully saturated rings. The number of furan rings is 1. The van der Waals surface area contributed by atoms with Gasteiger partial charge in [-0.3, -0.25) is 9.48 Å². The maximum Gasteiger partial charge on any atom is 0.203 e. The molecule has 0 N–H and O–H groups in total. The van der Waals surface area contributed by atoms with E-state index in [9.17, 15) is 4.79 Å². The van der Waals surface area contributed by atoms with Crippen molar-refractivity contribution in [1.29, 1.82) is 0 Å². The van der Waals surface area contributed by atoms with Crippen LogP contribution in [0, 0.1) is 0 Å². The van der Waals surface area contributed by atoms with Crippen molar-refractivity contribution < 1.29 is 28.2 Å². The predicted molar refractivity (Wildman–Crippen MR) is 114 cm³/mol. The third kappa shape index (κ3) is 3.46. The molecule has 2 aromatic carbocycles. The van der Waals surface area contributed by atoms with Crippen molar-refractivity contribution in [3.63, 3.8) is 0 Å². The van der Waals surface area contributed by atoms with Crippen molar-refractivity contribution >= 4 is 16.8 Å². The molecular formula is C23H22N2O6. The van der Waals surface area contributed by atoms with E-state index < -0.39 is 0 Å². The van der Waals surface area contributed by atoms with E-state index in [0.717, 1.165) is 0 Å². The number of benzene rings is 2. The maximum absolute atomic E-state index is 13.7. The number of fused-ring (bicyclic) bond motifs is 1. The Kier molecular flexibility index (Phi) is 5.29. The monoisotopic (exact) mass is 422 g/mol. The number of hydrogen-bond acceptors (Lipinski definition) is 7. The summed E-state index contributed by atoms with van der Waals surface area (Å²) in [4.78, 5) is 13.7. The summed E-state index contributed by atoms with van der Waals surface area (Å²) in [6, 6.07) is 8.60. The predicted octanol–water partition coefficient (Wildman–Crippen LogP) is 4.10. The number of carbonyl (C=O) groups excluding carboxylic acids is 1. The highest BCUT2D eigenvalue weighted by molar-refractivity contribution is 6.20. The molecule has 0 aliphatic rings. The van der Waals surface area contributed by atoms with Crippen LogP contribution < -0.4 is 18.9 Å². The van der Waals surface area contributed by atoms with Crippen LogP contribution in [0.3, 0.4) is 0 Å². The van der Waals surface area contributed by atoms with Gasteiger partial charge in [0.2, 0.25) is 5.75 Å². The highest BCUT2D eigenvalue weighted by Gasteiger charge is 2.26. The van der Waals surface area contributed by atoms with Crippen molar-refractivity contribution in [3.05, 3.63) is 53.9 Å². The molecule has 2 heterocycles. The number of rotatable bonds is 7. The van der Waals surface area contributed by atoms with Gasteiger partial charge in [0.15, 0.2) is 17.3 Å². The summed E-state index contributed by atoms with van der Waals surface area (Å²) >= 11 is 0. The highest BCUT2D eigenvalue weighted by atomic mass is 16.5. The molecule has 0 aliphatic carbocycles. The molecule has 0 unspecified atom stereocenters. The average Bonchev–Trinajstić information content (AvgIpc) is 3.40. The number of nitrogens with zero attached hydrogens (tertiary/aromatic N) is 2. The topological polar surface area (TPSA) is 85.0 Å². The van der Waals surface area contributed by atoms with Crippen LogP contribution in [-0.4, -0.2) is 44.0 Å². The van der Waals surface area contributed by atoms with Gasteiger partial charge < -0.3 is 23.4 Å². The summed E-state index contributed by atoms with van der Waals surface area (Å²) in [6.07, 6.45) is 3.45.